The monoisotopic (exact) mass is 222 g/mol. The number of likely N-dealkylation sites (N-methyl/N-ethyl adjacent to an activating group) is 1. The van der Waals surface area contributed by atoms with Crippen molar-refractivity contribution in [1.29, 1.82) is 0 Å². The first-order valence-corrected chi connectivity index (χ1v) is 5.05. The molecular formula is C11H14N2OS. The Balaban J connectivity index is 2.81. The Labute approximate surface area is 95.2 Å². The van der Waals surface area contributed by atoms with Crippen molar-refractivity contribution in [2.45, 2.75) is 6.10 Å². The zero-order valence-corrected chi connectivity index (χ0v) is 9.46. The predicted molar refractivity (Wildman–Crippen MR) is 64.8 cm³/mol. The molecule has 0 aliphatic rings. The number of ether oxygens (including phenoxy) is 1. The molecule has 80 valence electrons. The van der Waals surface area contributed by atoms with Crippen molar-refractivity contribution in [2.24, 2.45) is 0 Å². The fourth-order valence-corrected chi connectivity index (χ4v) is 1.31. The van der Waals surface area contributed by atoms with Crippen LogP contribution in [0.3, 0.4) is 0 Å². The van der Waals surface area contributed by atoms with E-state index in [2.05, 4.69) is 16.9 Å². The van der Waals surface area contributed by atoms with Crippen LogP contribution in [0.1, 0.15) is 11.8 Å². The molecule has 0 bridgehead atoms. The Hall–Kier alpha value is -1.26. The molecule has 0 aromatic carbocycles. The first kappa shape index (κ1) is 11.8. The molecule has 0 amide bonds. The molecule has 0 fully saturated rings. The van der Waals surface area contributed by atoms with Gasteiger partial charge < -0.3 is 10.1 Å². The Kier molecular flexibility index (Phi) is 4.93. The molecule has 1 atom stereocenters. The van der Waals surface area contributed by atoms with E-state index in [0.29, 0.717) is 11.6 Å². The summed E-state index contributed by atoms with van der Waals surface area (Å²) in [6.07, 6.45) is 3.11. The number of pyridine rings is 1. The Morgan fingerprint density at radius 2 is 2.53 bits per heavy atom. The molecule has 1 heterocycles. The maximum atomic E-state index is 5.55. The molecule has 1 aromatic rings. The number of rotatable bonds is 5. The molecule has 3 nitrogen and oxygen atoms in total. The van der Waals surface area contributed by atoms with Gasteiger partial charge in [-0.15, -0.1) is 6.58 Å². The minimum Gasteiger partial charge on any atom is -0.380 e. The Morgan fingerprint density at radius 1 is 1.73 bits per heavy atom. The maximum absolute atomic E-state index is 5.55. The quantitative estimate of drug-likeness (QED) is 0.609. The summed E-state index contributed by atoms with van der Waals surface area (Å²) < 4.78 is 5.55. The fourth-order valence-electron chi connectivity index (χ4n) is 1.12. The first-order valence-electron chi connectivity index (χ1n) is 4.64. The molecule has 1 N–H and O–H groups in total. The zero-order chi connectivity index (χ0) is 11.1. The summed E-state index contributed by atoms with van der Waals surface area (Å²) in [5.74, 6) is 0. The summed E-state index contributed by atoms with van der Waals surface area (Å²) in [6, 6.07) is 5.65. The average Bonchev–Trinajstić information content (AvgIpc) is 2.30. The molecule has 0 aliphatic heterocycles. The first-order chi connectivity index (χ1) is 7.29. The molecule has 1 aromatic heterocycles. The van der Waals surface area contributed by atoms with Crippen molar-refractivity contribution in [2.75, 3.05) is 13.7 Å². The Bertz CT molecular complexity index is 327. The van der Waals surface area contributed by atoms with Gasteiger partial charge in [0.2, 0.25) is 0 Å². The molecule has 0 radical (unpaired) electrons. The lowest BCUT2D eigenvalue weighted by atomic mass is 10.2. The highest BCUT2D eigenvalue weighted by molar-refractivity contribution is 7.80. The number of thiocarbonyl (C=S) groups is 1. The van der Waals surface area contributed by atoms with Crippen molar-refractivity contribution < 1.29 is 4.74 Å². The van der Waals surface area contributed by atoms with Gasteiger partial charge in [0, 0.05) is 13.2 Å². The van der Waals surface area contributed by atoms with E-state index >= 15 is 0 Å². The average molecular weight is 222 g/mol. The minimum atomic E-state index is -0.302. The molecule has 1 rings (SSSR count). The van der Waals surface area contributed by atoms with Crippen LogP contribution in [0.25, 0.3) is 0 Å². The second-order valence-corrected chi connectivity index (χ2v) is 3.31. The summed E-state index contributed by atoms with van der Waals surface area (Å²) in [5.41, 5.74) is 0.804. The molecule has 15 heavy (non-hydrogen) atoms. The molecule has 0 spiro atoms. The van der Waals surface area contributed by atoms with Gasteiger partial charge in [-0.2, -0.15) is 0 Å². The van der Waals surface area contributed by atoms with Crippen molar-refractivity contribution in [1.82, 2.24) is 10.3 Å². The number of nitrogens with zero attached hydrogens (tertiary/aromatic N) is 1. The molecule has 4 heteroatoms. The molecule has 0 saturated carbocycles. The van der Waals surface area contributed by atoms with Crippen molar-refractivity contribution in [3.63, 3.8) is 0 Å². The second-order valence-electron chi connectivity index (χ2n) is 2.87. The van der Waals surface area contributed by atoms with Crippen LogP contribution in [0.2, 0.25) is 0 Å². The summed E-state index contributed by atoms with van der Waals surface area (Å²) >= 11 is 5.16. The minimum absolute atomic E-state index is 0.302. The van der Waals surface area contributed by atoms with Gasteiger partial charge in [-0.3, -0.25) is 4.98 Å². The summed E-state index contributed by atoms with van der Waals surface area (Å²) in [5, 5.41) is 2.90. The largest absolute Gasteiger partial charge is 0.380 e. The molecule has 1 unspecified atom stereocenters. The van der Waals surface area contributed by atoms with E-state index in [1.54, 1.807) is 19.3 Å². The van der Waals surface area contributed by atoms with E-state index in [4.69, 9.17) is 17.0 Å². The van der Waals surface area contributed by atoms with E-state index in [-0.39, 0.29) is 6.10 Å². The summed E-state index contributed by atoms with van der Waals surface area (Å²) in [4.78, 5) is 4.84. The van der Waals surface area contributed by atoms with Crippen LogP contribution in [0.5, 0.6) is 0 Å². The lowest BCUT2D eigenvalue weighted by Crippen LogP contribution is -2.26. The third-order valence-electron chi connectivity index (χ3n) is 1.82. The van der Waals surface area contributed by atoms with E-state index in [1.165, 1.54) is 0 Å². The van der Waals surface area contributed by atoms with E-state index in [9.17, 15) is 0 Å². The van der Waals surface area contributed by atoms with Gasteiger partial charge in [0.05, 0.1) is 12.3 Å². The third-order valence-corrected chi connectivity index (χ3v) is 2.24. The molecule has 0 aliphatic carbocycles. The van der Waals surface area contributed by atoms with Gasteiger partial charge in [-0.25, -0.2) is 0 Å². The van der Waals surface area contributed by atoms with Crippen LogP contribution in [-0.2, 0) is 4.74 Å². The molecule has 0 saturated heterocycles. The van der Waals surface area contributed by atoms with Crippen molar-refractivity contribution in [3.05, 3.63) is 42.7 Å². The predicted octanol–water partition coefficient (Wildman–Crippen LogP) is 1.87. The summed E-state index contributed by atoms with van der Waals surface area (Å²) in [6.45, 7) is 4.05. The van der Waals surface area contributed by atoms with Gasteiger partial charge in [-0.1, -0.05) is 24.4 Å². The summed E-state index contributed by atoms with van der Waals surface area (Å²) in [7, 11) is 1.77. The van der Waals surface area contributed by atoms with E-state index in [0.717, 1.165) is 5.69 Å². The SMILES string of the molecule is C=CCOC(C(=S)NC)c1ccccn1. The normalized spacial score (nSPS) is 11.8. The smallest absolute Gasteiger partial charge is 0.150 e. The number of aromatic nitrogens is 1. The second kappa shape index (κ2) is 6.27. The van der Waals surface area contributed by atoms with Gasteiger partial charge in [0.15, 0.2) is 0 Å². The highest BCUT2D eigenvalue weighted by Crippen LogP contribution is 2.15. The number of nitrogens with one attached hydrogen (secondary N) is 1. The highest BCUT2D eigenvalue weighted by Gasteiger charge is 2.16. The fraction of sp³-hybridized carbons (Fsp3) is 0.273. The van der Waals surface area contributed by atoms with Gasteiger partial charge in [0.25, 0.3) is 0 Å². The highest BCUT2D eigenvalue weighted by atomic mass is 32.1. The topological polar surface area (TPSA) is 34.1 Å². The van der Waals surface area contributed by atoms with Crippen LogP contribution in [0.15, 0.2) is 37.1 Å². The molecular weight excluding hydrogens is 208 g/mol. The van der Waals surface area contributed by atoms with Gasteiger partial charge in [-0.05, 0) is 12.1 Å². The van der Waals surface area contributed by atoms with Crippen LogP contribution >= 0.6 is 12.2 Å². The number of hydrogen-bond acceptors (Lipinski definition) is 3. The van der Waals surface area contributed by atoms with E-state index < -0.39 is 0 Å². The number of hydrogen-bond donors (Lipinski definition) is 1. The third kappa shape index (κ3) is 3.42. The Morgan fingerprint density at radius 3 is 3.07 bits per heavy atom. The van der Waals surface area contributed by atoms with Crippen molar-refractivity contribution >= 4 is 17.2 Å². The maximum Gasteiger partial charge on any atom is 0.150 e. The van der Waals surface area contributed by atoms with Gasteiger partial charge >= 0.3 is 0 Å². The van der Waals surface area contributed by atoms with Crippen LogP contribution in [0, 0.1) is 0 Å². The zero-order valence-electron chi connectivity index (χ0n) is 8.64. The van der Waals surface area contributed by atoms with Crippen LogP contribution in [-0.4, -0.2) is 23.6 Å². The van der Waals surface area contributed by atoms with E-state index in [1.807, 2.05) is 18.2 Å². The van der Waals surface area contributed by atoms with Crippen LogP contribution < -0.4 is 5.32 Å². The van der Waals surface area contributed by atoms with Gasteiger partial charge in [0.1, 0.15) is 11.1 Å². The van der Waals surface area contributed by atoms with Crippen molar-refractivity contribution in [3.8, 4) is 0 Å². The standard InChI is InChI=1S/C11H14N2OS/c1-3-8-14-10(11(15)12-2)9-6-4-5-7-13-9/h3-7,10H,1,8H2,2H3,(H,12,15). The lowest BCUT2D eigenvalue weighted by Gasteiger charge is -2.17. The lowest BCUT2D eigenvalue weighted by molar-refractivity contribution is 0.120. The van der Waals surface area contributed by atoms with Crippen LogP contribution in [0.4, 0.5) is 0 Å².